The van der Waals surface area contributed by atoms with E-state index in [1.54, 1.807) is 54.6 Å². The Hall–Kier alpha value is -4.10. The minimum atomic E-state index is -0.927. The maximum Gasteiger partial charge on any atom is 0.349 e. The molecule has 27 heavy (non-hydrogen) atoms. The zero-order valence-electron chi connectivity index (χ0n) is 14.4. The molecule has 7 heteroatoms. The Morgan fingerprint density at radius 1 is 1.15 bits per heavy atom. The maximum atomic E-state index is 12.0. The van der Waals surface area contributed by atoms with Gasteiger partial charge >= 0.3 is 5.97 Å². The molecule has 2 rings (SSSR count). The molecule has 0 aliphatic carbocycles. The number of para-hydroxylation sites is 1. The van der Waals surface area contributed by atoms with E-state index in [-0.39, 0.29) is 11.1 Å². The van der Waals surface area contributed by atoms with Gasteiger partial charge in [-0.3, -0.25) is 4.79 Å². The number of anilines is 1. The van der Waals surface area contributed by atoms with Crippen LogP contribution in [0.3, 0.4) is 0 Å². The molecule has 2 aromatic carbocycles. The zero-order chi connectivity index (χ0) is 19.6. The third kappa shape index (κ3) is 5.45. The van der Waals surface area contributed by atoms with Crippen LogP contribution in [0.4, 0.5) is 5.69 Å². The van der Waals surface area contributed by atoms with Crippen LogP contribution in [0.1, 0.15) is 11.1 Å². The molecule has 0 saturated carbocycles. The van der Waals surface area contributed by atoms with Gasteiger partial charge in [-0.2, -0.15) is 10.5 Å². The summed E-state index contributed by atoms with van der Waals surface area (Å²) in [7, 11) is 1.51. The second-order valence-electron chi connectivity index (χ2n) is 5.23. The highest BCUT2D eigenvalue weighted by Gasteiger charge is 2.14. The van der Waals surface area contributed by atoms with Gasteiger partial charge in [-0.15, -0.1) is 0 Å². The van der Waals surface area contributed by atoms with Gasteiger partial charge in [-0.05, 0) is 35.9 Å². The summed E-state index contributed by atoms with van der Waals surface area (Å²) in [5, 5.41) is 20.6. The average molecular weight is 361 g/mol. The van der Waals surface area contributed by atoms with E-state index < -0.39 is 18.5 Å². The van der Waals surface area contributed by atoms with Crippen molar-refractivity contribution >= 4 is 23.6 Å². The van der Waals surface area contributed by atoms with E-state index in [1.165, 1.54) is 13.2 Å². The second kappa shape index (κ2) is 9.40. The number of esters is 1. The van der Waals surface area contributed by atoms with Gasteiger partial charge in [0.1, 0.15) is 23.5 Å². The third-order valence-corrected chi connectivity index (χ3v) is 3.40. The highest BCUT2D eigenvalue weighted by molar-refractivity contribution is 6.00. The second-order valence-corrected chi connectivity index (χ2v) is 5.23. The van der Waals surface area contributed by atoms with Crippen LogP contribution in [0.2, 0.25) is 0 Å². The van der Waals surface area contributed by atoms with Gasteiger partial charge in [0.2, 0.25) is 0 Å². The number of rotatable bonds is 6. The smallest absolute Gasteiger partial charge is 0.349 e. The molecule has 0 heterocycles. The largest absolute Gasteiger partial charge is 0.497 e. The number of ether oxygens (including phenoxy) is 2. The van der Waals surface area contributed by atoms with Gasteiger partial charge in [0, 0.05) is 0 Å². The summed E-state index contributed by atoms with van der Waals surface area (Å²) in [6.45, 7) is -0.588. The molecule has 0 unspecified atom stereocenters. The summed E-state index contributed by atoms with van der Waals surface area (Å²) in [5.74, 6) is -0.973. The molecule has 0 aliphatic rings. The zero-order valence-corrected chi connectivity index (χ0v) is 14.4. The van der Waals surface area contributed by atoms with E-state index in [2.05, 4.69) is 5.32 Å². The number of hydrogen-bond acceptors (Lipinski definition) is 6. The number of benzene rings is 2. The van der Waals surface area contributed by atoms with Crippen molar-refractivity contribution in [2.75, 3.05) is 19.0 Å². The van der Waals surface area contributed by atoms with E-state index >= 15 is 0 Å². The molecule has 0 fully saturated rings. The molecule has 7 nitrogen and oxygen atoms in total. The Balaban J connectivity index is 2.00. The quantitative estimate of drug-likeness (QED) is 0.481. The van der Waals surface area contributed by atoms with E-state index in [0.29, 0.717) is 17.0 Å². The lowest BCUT2D eigenvalue weighted by atomic mass is 10.1. The van der Waals surface area contributed by atoms with Crippen LogP contribution in [0.15, 0.2) is 54.1 Å². The fourth-order valence-electron chi connectivity index (χ4n) is 2.12. The van der Waals surface area contributed by atoms with Crippen molar-refractivity contribution in [1.29, 1.82) is 10.5 Å². The number of nitriles is 2. The van der Waals surface area contributed by atoms with Crippen LogP contribution in [-0.2, 0) is 14.3 Å². The molecule has 0 radical (unpaired) electrons. The van der Waals surface area contributed by atoms with Gasteiger partial charge in [-0.1, -0.05) is 24.3 Å². The van der Waals surface area contributed by atoms with Gasteiger partial charge in [-0.25, -0.2) is 4.79 Å². The summed E-state index contributed by atoms with van der Waals surface area (Å²) >= 11 is 0. The summed E-state index contributed by atoms with van der Waals surface area (Å²) < 4.78 is 9.96. The molecule has 0 aromatic heterocycles. The van der Waals surface area contributed by atoms with Crippen LogP contribution < -0.4 is 10.1 Å². The van der Waals surface area contributed by atoms with Crippen molar-refractivity contribution in [1.82, 2.24) is 0 Å². The number of methoxy groups -OCH3 is 1. The Morgan fingerprint density at radius 2 is 1.93 bits per heavy atom. The molecule has 0 saturated heterocycles. The van der Waals surface area contributed by atoms with Crippen molar-refractivity contribution in [3.8, 4) is 17.9 Å². The fourth-order valence-corrected chi connectivity index (χ4v) is 2.12. The van der Waals surface area contributed by atoms with Crippen LogP contribution in [0.5, 0.6) is 5.75 Å². The molecule has 0 bridgehead atoms. The number of carbonyl (C=O) groups excluding carboxylic acids is 2. The van der Waals surface area contributed by atoms with Gasteiger partial charge in [0.15, 0.2) is 6.61 Å². The Labute approximate surface area is 156 Å². The first kappa shape index (κ1) is 19.2. The molecular weight excluding hydrogens is 346 g/mol. The monoisotopic (exact) mass is 361 g/mol. The van der Waals surface area contributed by atoms with Crippen LogP contribution in [0, 0.1) is 22.7 Å². The molecular formula is C20H15N3O4. The maximum absolute atomic E-state index is 12.0. The lowest BCUT2D eigenvalue weighted by Crippen LogP contribution is -2.21. The van der Waals surface area contributed by atoms with E-state index in [1.807, 2.05) is 6.07 Å². The van der Waals surface area contributed by atoms with E-state index in [9.17, 15) is 9.59 Å². The summed E-state index contributed by atoms with van der Waals surface area (Å²) in [4.78, 5) is 24.0. The molecule has 134 valence electrons. The van der Waals surface area contributed by atoms with Gasteiger partial charge in [0.25, 0.3) is 5.91 Å². The molecule has 0 spiro atoms. The topological polar surface area (TPSA) is 112 Å². The molecule has 0 atom stereocenters. The van der Waals surface area contributed by atoms with Crippen LogP contribution in [-0.4, -0.2) is 25.6 Å². The summed E-state index contributed by atoms with van der Waals surface area (Å²) in [6, 6.07) is 16.9. The minimum Gasteiger partial charge on any atom is -0.497 e. The Kier molecular flexibility index (Phi) is 6.69. The first-order chi connectivity index (χ1) is 13.1. The first-order valence-corrected chi connectivity index (χ1v) is 7.79. The Morgan fingerprint density at radius 3 is 2.63 bits per heavy atom. The molecule has 2 aromatic rings. The van der Waals surface area contributed by atoms with E-state index in [0.717, 1.165) is 0 Å². The van der Waals surface area contributed by atoms with Gasteiger partial charge in [0.05, 0.1) is 18.4 Å². The molecule has 1 amide bonds. The summed E-state index contributed by atoms with van der Waals surface area (Å²) in [5.41, 5.74) is 0.921. The fraction of sp³-hybridized carbons (Fsp3) is 0.100. The minimum absolute atomic E-state index is 0.256. The lowest BCUT2D eigenvalue weighted by molar-refractivity contribution is -0.142. The standard InChI is InChI=1S/C20H15N3O4/c1-26-17-7-4-5-14(10-17)9-16(12-22)20(25)27-13-19(24)23-18-8-3-2-6-15(18)11-21/h2-10H,13H2,1H3,(H,23,24)/b16-9+. The number of nitrogens with one attached hydrogen (secondary N) is 1. The van der Waals surface area contributed by atoms with Gasteiger partial charge < -0.3 is 14.8 Å². The summed E-state index contributed by atoms with van der Waals surface area (Å²) in [6.07, 6.45) is 1.34. The molecule has 1 N–H and O–H groups in total. The third-order valence-electron chi connectivity index (χ3n) is 3.40. The predicted molar refractivity (Wildman–Crippen MR) is 97.3 cm³/mol. The Bertz CT molecular complexity index is 968. The van der Waals surface area contributed by atoms with Crippen LogP contribution in [0.25, 0.3) is 6.08 Å². The normalized spacial score (nSPS) is 10.3. The molecule has 0 aliphatic heterocycles. The SMILES string of the molecule is COc1cccc(/C=C(\C#N)C(=O)OCC(=O)Nc2ccccc2C#N)c1. The predicted octanol–water partition coefficient (Wildman–Crippen LogP) is 2.66. The number of amides is 1. The highest BCUT2D eigenvalue weighted by Crippen LogP contribution is 2.16. The van der Waals surface area contributed by atoms with Crippen molar-refractivity contribution in [3.05, 3.63) is 65.2 Å². The number of hydrogen-bond donors (Lipinski definition) is 1. The highest BCUT2D eigenvalue weighted by atomic mass is 16.5. The van der Waals surface area contributed by atoms with Crippen molar-refractivity contribution in [2.24, 2.45) is 0 Å². The van der Waals surface area contributed by atoms with E-state index in [4.69, 9.17) is 20.0 Å². The average Bonchev–Trinajstić information content (AvgIpc) is 2.70. The van der Waals surface area contributed by atoms with Crippen molar-refractivity contribution in [2.45, 2.75) is 0 Å². The lowest BCUT2D eigenvalue weighted by Gasteiger charge is -2.07. The number of carbonyl (C=O) groups is 2. The van der Waals surface area contributed by atoms with Crippen molar-refractivity contribution in [3.63, 3.8) is 0 Å². The van der Waals surface area contributed by atoms with Crippen LogP contribution >= 0.6 is 0 Å². The van der Waals surface area contributed by atoms with Crippen molar-refractivity contribution < 1.29 is 19.1 Å². The first-order valence-electron chi connectivity index (χ1n) is 7.79. The number of nitrogens with zero attached hydrogens (tertiary/aromatic N) is 2.